The fraction of sp³-hybridized carbons (Fsp3) is 0. The summed E-state index contributed by atoms with van der Waals surface area (Å²) in [7, 11) is 0. The second-order valence-electron chi connectivity index (χ2n) is 3.64. The quantitative estimate of drug-likeness (QED) is 0.273. The van der Waals surface area contributed by atoms with Gasteiger partial charge >= 0.3 is 0 Å². The third-order valence-electron chi connectivity index (χ3n) is 2.29. The largest absolute Gasteiger partial charge is 0.364 e. The van der Waals surface area contributed by atoms with Crippen molar-refractivity contribution in [2.24, 2.45) is 10.8 Å². The molecule has 1 aromatic rings. The van der Waals surface area contributed by atoms with Crippen molar-refractivity contribution in [3.05, 3.63) is 57.9 Å². The molecule has 0 saturated carbocycles. The molecule has 98 valence electrons. The summed E-state index contributed by atoms with van der Waals surface area (Å²) >= 11 is 0. The average Bonchev–Trinajstić information content (AvgIpc) is 2.37. The van der Waals surface area contributed by atoms with Crippen LogP contribution in [0.5, 0.6) is 0 Å². The molecular weight excluding hydrogens is 248 g/mol. The van der Waals surface area contributed by atoms with Gasteiger partial charge < -0.3 is 11.1 Å². The fourth-order valence-electron chi connectivity index (χ4n) is 1.51. The molecule has 1 aliphatic rings. The van der Waals surface area contributed by atoms with E-state index in [-0.39, 0.29) is 5.96 Å². The maximum atomic E-state index is 10.1. The zero-order chi connectivity index (χ0) is 13.7. The van der Waals surface area contributed by atoms with E-state index in [0.29, 0.717) is 0 Å². The number of fused-ring (bicyclic) bond motifs is 1. The van der Waals surface area contributed by atoms with Gasteiger partial charge in [0.2, 0.25) is 0 Å². The molecular formula is C11H12N6O2. The number of nitrogens with zero attached hydrogens (tertiary/aromatic N) is 2. The van der Waals surface area contributed by atoms with E-state index in [9.17, 15) is 10.1 Å². The lowest BCUT2D eigenvalue weighted by molar-refractivity contribution is -0.525. The van der Waals surface area contributed by atoms with E-state index >= 15 is 0 Å². The predicted molar refractivity (Wildman–Crippen MR) is 72.1 cm³/mol. The summed E-state index contributed by atoms with van der Waals surface area (Å²) in [5, 5.41) is 16.0. The van der Waals surface area contributed by atoms with Crippen LogP contribution < -0.4 is 21.9 Å². The number of rotatable bonds is 3. The Labute approximate surface area is 108 Å². The Kier molecular flexibility index (Phi) is 3.62. The Morgan fingerprint density at radius 3 is 3.00 bits per heavy atom. The van der Waals surface area contributed by atoms with E-state index in [1.54, 1.807) is 11.6 Å². The van der Waals surface area contributed by atoms with Gasteiger partial charge in [0, 0.05) is 11.9 Å². The maximum Gasteiger partial charge on any atom is 0.273 e. The van der Waals surface area contributed by atoms with Crippen molar-refractivity contribution in [3.8, 4) is 0 Å². The summed E-state index contributed by atoms with van der Waals surface area (Å²) < 4.78 is 0. The van der Waals surface area contributed by atoms with Crippen LogP contribution in [0.1, 0.15) is 5.56 Å². The van der Waals surface area contributed by atoms with Crippen molar-refractivity contribution in [3.63, 3.8) is 0 Å². The topological polar surface area (TPSA) is 118 Å². The van der Waals surface area contributed by atoms with Gasteiger partial charge in [0.1, 0.15) is 0 Å². The van der Waals surface area contributed by atoms with E-state index in [1.807, 2.05) is 36.4 Å². The van der Waals surface area contributed by atoms with Crippen molar-refractivity contribution >= 4 is 17.7 Å². The van der Waals surface area contributed by atoms with Gasteiger partial charge in [-0.3, -0.25) is 5.43 Å². The van der Waals surface area contributed by atoms with E-state index < -0.39 is 5.03 Å². The fourth-order valence-corrected chi connectivity index (χ4v) is 1.51. The summed E-state index contributed by atoms with van der Waals surface area (Å²) in [5.41, 5.74) is 12.3. The van der Waals surface area contributed by atoms with Gasteiger partial charge in [0.25, 0.3) is 5.96 Å². The van der Waals surface area contributed by atoms with Crippen molar-refractivity contribution in [1.82, 2.24) is 10.9 Å². The number of benzene rings is 1. The van der Waals surface area contributed by atoms with Crippen molar-refractivity contribution in [2.75, 3.05) is 5.32 Å². The summed E-state index contributed by atoms with van der Waals surface area (Å²) in [5.74, 6) is -0.331. The Morgan fingerprint density at radius 2 is 2.21 bits per heavy atom. The molecule has 0 bridgehead atoms. The zero-order valence-corrected chi connectivity index (χ0v) is 9.83. The molecule has 8 heteroatoms. The Hall–Kier alpha value is -3.03. The summed E-state index contributed by atoms with van der Waals surface area (Å²) in [6.45, 7) is 0. The second kappa shape index (κ2) is 5.54. The Bertz CT molecular complexity index is 578. The number of allylic oxidation sites excluding steroid dienone is 1. The average molecular weight is 260 g/mol. The van der Waals surface area contributed by atoms with Crippen LogP contribution in [0.3, 0.4) is 0 Å². The lowest BCUT2D eigenvalue weighted by Crippen LogP contribution is -2.37. The minimum atomic E-state index is -0.789. The van der Waals surface area contributed by atoms with Gasteiger partial charge in [0.15, 0.2) is 5.03 Å². The van der Waals surface area contributed by atoms with Crippen LogP contribution in [0.2, 0.25) is 0 Å². The van der Waals surface area contributed by atoms with Crippen LogP contribution in [0.4, 0.5) is 5.69 Å². The van der Waals surface area contributed by atoms with E-state index in [1.165, 1.54) is 0 Å². The van der Waals surface area contributed by atoms with Crippen molar-refractivity contribution in [1.29, 1.82) is 0 Å². The number of nitrogens with two attached hydrogens (primary N) is 1. The molecule has 1 heterocycles. The highest BCUT2D eigenvalue weighted by Gasteiger charge is 2.05. The molecule has 0 radical (unpaired) electrons. The summed E-state index contributed by atoms with van der Waals surface area (Å²) in [6, 6.07) is 7.80. The number of guanidine groups is 1. The van der Waals surface area contributed by atoms with E-state index in [2.05, 4.69) is 15.8 Å². The molecule has 0 unspecified atom stereocenters. The highest BCUT2D eigenvalue weighted by Crippen LogP contribution is 2.23. The van der Waals surface area contributed by atoms with E-state index in [4.69, 9.17) is 5.73 Å². The predicted octanol–water partition coefficient (Wildman–Crippen LogP) is 0.567. The van der Waals surface area contributed by atoms with Gasteiger partial charge in [-0.15, -0.1) is 5.10 Å². The lowest BCUT2D eigenvalue weighted by Gasteiger charge is -2.14. The highest BCUT2D eigenvalue weighted by atomic mass is 16.7. The lowest BCUT2D eigenvalue weighted by atomic mass is 10.1. The number of hydrogen-bond acceptors (Lipinski definition) is 5. The maximum absolute atomic E-state index is 10.1. The molecule has 0 fully saturated rings. The van der Waals surface area contributed by atoms with Crippen LogP contribution >= 0.6 is 0 Å². The molecule has 0 atom stereocenters. The first-order chi connectivity index (χ1) is 9.15. The first-order valence-corrected chi connectivity index (χ1v) is 5.39. The molecule has 0 aromatic heterocycles. The van der Waals surface area contributed by atoms with Crippen LogP contribution in [0.25, 0.3) is 6.08 Å². The first-order valence-electron chi connectivity index (χ1n) is 5.39. The molecule has 0 aliphatic carbocycles. The van der Waals surface area contributed by atoms with Gasteiger partial charge in [-0.2, -0.15) is 0 Å². The molecule has 0 spiro atoms. The molecule has 0 amide bonds. The molecule has 8 nitrogen and oxygen atoms in total. The van der Waals surface area contributed by atoms with Crippen LogP contribution in [0.15, 0.2) is 47.3 Å². The Morgan fingerprint density at radius 1 is 1.42 bits per heavy atom. The number of hydrazine groups is 1. The molecule has 5 N–H and O–H groups in total. The molecule has 0 saturated heterocycles. The molecule has 1 aromatic carbocycles. The van der Waals surface area contributed by atoms with Crippen LogP contribution in [-0.4, -0.2) is 11.0 Å². The minimum Gasteiger partial charge on any atom is -0.364 e. The standard InChI is InChI=1S/C11H12N6O2/c12-11(16-17(18)19)15-13-7-9-6-5-8-3-1-2-4-10(8)14-9/h1-7,13-14H,(H3,12,15,16)/b9-7+. The molecule has 1 aliphatic heterocycles. The third-order valence-corrected chi connectivity index (χ3v) is 2.29. The van der Waals surface area contributed by atoms with Gasteiger partial charge in [-0.05, 0) is 17.7 Å². The van der Waals surface area contributed by atoms with E-state index in [0.717, 1.165) is 16.9 Å². The summed E-state index contributed by atoms with van der Waals surface area (Å²) in [4.78, 5) is 10.1. The number of nitrogens with one attached hydrogen (secondary N) is 3. The van der Waals surface area contributed by atoms with Gasteiger partial charge in [-0.25, -0.2) is 10.1 Å². The Balaban J connectivity index is 1.98. The molecule has 19 heavy (non-hydrogen) atoms. The summed E-state index contributed by atoms with van der Waals surface area (Å²) in [6.07, 6.45) is 5.34. The second-order valence-corrected chi connectivity index (χ2v) is 3.64. The SMILES string of the molecule is NC(=NN/C=C1\C=Cc2ccccc2N1)N[N+](=O)[O-]. The highest BCUT2D eigenvalue weighted by molar-refractivity contribution is 5.76. The van der Waals surface area contributed by atoms with Crippen LogP contribution in [-0.2, 0) is 0 Å². The zero-order valence-electron chi connectivity index (χ0n) is 9.83. The number of hydrazone groups is 1. The van der Waals surface area contributed by atoms with Crippen LogP contribution in [0, 0.1) is 10.1 Å². The van der Waals surface area contributed by atoms with Gasteiger partial charge in [-0.1, -0.05) is 29.7 Å². The normalized spacial score (nSPS) is 15.6. The third kappa shape index (κ3) is 3.46. The molecule has 2 rings (SSSR count). The number of para-hydroxylation sites is 1. The van der Waals surface area contributed by atoms with Crippen molar-refractivity contribution < 1.29 is 5.03 Å². The number of anilines is 1. The number of hydrogen-bond donors (Lipinski definition) is 4. The first kappa shape index (κ1) is 12.4. The minimum absolute atomic E-state index is 0.331. The van der Waals surface area contributed by atoms with Gasteiger partial charge in [0.05, 0.1) is 5.70 Å². The van der Waals surface area contributed by atoms with Crippen molar-refractivity contribution in [2.45, 2.75) is 0 Å². The smallest absolute Gasteiger partial charge is 0.273 e. The monoisotopic (exact) mass is 260 g/mol. The number of nitro groups is 1.